The molecule has 0 aliphatic carbocycles. The molecule has 1 saturated heterocycles. The van der Waals surface area contributed by atoms with Crippen LogP contribution in [0.5, 0.6) is 0 Å². The van der Waals surface area contributed by atoms with Crippen molar-refractivity contribution in [2.45, 2.75) is 31.8 Å². The Morgan fingerprint density at radius 3 is 2.21 bits per heavy atom. The summed E-state index contributed by atoms with van der Waals surface area (Å²) in [6.07, 6.45) is 4.71. The highest BCUT2D eigenvalue weighted by atomic mass is 15.0. The molecule has 1 aliphatic rings. The van der Waals surface area contributed by atoms with Crippen LogP contribution in [0.25, 0.3) is 11.1 Å². The number of hydrogen-bond donors (Lipinski definition) is 1. The van der Waals surface area contributed by atoms with Crippen molar-refractivity contribution >= 4 is 0 Å². The van der Waals surface area contributed by atoms with Gasteiger partial charge in [-0.25, -0.2) is 0 Å². The van der Waals surface area contributed by atoms with Crippen molar-refractivity contribution in [1.29, 1.82) is 0 Å². The fourth-order valence-corrected chi connectivity index (χ4v) is 2.76. The molecule has 1 radical (unpaired) electrons. The number of piperidine rings is 1. The molecule has 0 saturated carbocycles. The van der Waals surface area contributed by atoms with Crippen LogP contribution in [0.1, 0.15) is 31.4 Å². The molecule has 1 nitrogen and oxygen atoms in total. The Morgan fingerprint density at radius 2 is 1.53 bits per heavy atom. The topological polar surface area (TPSA) is 12.0 Å². The standard InChI is InChI=1S/C18H20N/c1-14-6-5-9-18(19-14)17-12-10-16(11-13-17)15-7-3-2-4-8-15/h2-5,7-8,10-14,18-19H,6,9H2,1H3. The van der Waals surface area contributed by atoms with Crippen LogP contribution in [0.4, 0.5) is 0 Å². The molecule has 19 heavy (non-hydrogen) atoms. The second kappa shape index (κ2) is 5.58. The quantitative estimate of drug-likeness (QED) is 0.834. The fourth-order valence-electron chi connectivity index (χ4n) is 2.76. The maximum atomic E-state index is 3.66. The van der Waals surface area contributed by atoms with Crippen LogP contribution in [-0.2, 0) is 0 Å². The van der Waals surface area contributed by atoms with Gasteiger partial charge in [-0.3, -0.25) is 0 Å². The van der Waals surface area contributed by atoms with Gasteiger partial charge in [-0.1, -0.05) is 54.6 Å². The third-order valence-electron chi connectivity index (χ3n) is 3.83. The van der Waals surface area contributed by atoms with Crippen LogP contribution in [0.15, 0.2) is 54.6 Å². The van der Waals surface area contributed by atoms with Gasteiger partial charge in [-0.2, -0.15) is 0 Å². The summed E-state index contributed by atoms with van der Waals surface area (Å²) in [5, 5.41) is 3.66. The van der Waals surface area contributed by atoms with E-state index in [9.17, 15) is 0 Å². The van der Waals surface area contributed by atoms with Gasteiger partial charge in [0.05, 0.1) is 0 Å². The molecule has 1 N–H and O–H groups in total. The van der Waals surface area contributed by atoms with Crippen molar-refractivity contribution in [3.8, 4) is 11.1 Å². The normalized spacial score (nSPS) is 23.2. The molecule has 0 bridgehead atoms. The molecular formula is C18H20N. The van der Waals surface area contributed by atoms with Gasteiger partial charge in [0.2, 0.25) is 0 Å². The zero-order valence-electron chi connectivity index (χ0n) is 11.3. The Labute approximate surface area is 115 Å². The van der Waals surface area contributed by atoms with Crippen molar-refractivity contribution in [3.63, 3.8) is 0 Å². The lowest BCUT2D eigenvalue weighted by atomic mass is 9.93. The highest BCUT2D eigenvalue weighted by molar-refractivity contribution is 5.63. The van der Waals surface area contributed by atoms with Crippen molar-refractivity contribution in [2.24, 2.45) is 0 Å². The molecule has 0 aromatic heterocycles. The first kappa shape index (κ1) is 12.4. The Morgan fingerprint density at radius 1 is 0.842 bits per heavy atom. The summed E-state index contributed by atoms with van der Waals surface area (Å²) in [5.74, 6) is 0. The largest absolute Gasteiger partial charge is 0.307 e. The van der Waals surface area contributed by atoms with E-state index in [-0.39, 0.29) is 0 Å². The van der Waals surface area contributed by atoms with Crippen LogP contribution < -0.4 is 5.32 Å². The molecule has 2 aromatic carbocycles. The number of hydrogen-bond acceptors (Lipinski definition) is 1. The molecule has 1 fully saturated rings. The second-order valence-corrected chi connectivity index (χ2v) is 5.37. The summed E-state index contributed by atoms with van der Waals surface area (Å²) in [6.45, 7) is 2.25. The monoisotopic (exact) mass is 250 g/mol. The lowest BCUT2D eigenvalue weighted by molar-refractivity contribution is 0.395. The minimum absolute atomic E-state index is 0.480. The summed E-state index contributed by atoms with van der Waals surface area (Å²) in [7, 11) is 0. The molecule has 1 aliphatic heterocycles. The minimum Gasteiger partial charge on any atom is -0.307 e. The SMILES string of the molecule is CC1C[CH]CC(c2ccc(-c3ccccc3)cc2)N1. The molecule has 3 rings (SSSR count). The zero-order chi connectivity index (χ0) is 13.1. The number of nitrogens with one attached hydrogen (secondary N) is 1. The van der Waals surface area contributed by atoms with Crippen LogP contribution in [0, 0.1) is 6.42 Å². The van der Waals surface area contributed by atoms with Gasteiger partial charge in [-0.15, -0.1) is 0 Å². The van der Waals surface area contributed by atoms with Crippen LogP contribution in [0.3, 0.4) is 0 Å². The molecule has 2 atom stereocenters. The van der Waals surface area contributed by atoms with Crippen LogP contribution in [-0.4, -0.2) is 6.04 Å². The van der Waals surface area contributed by atoms with Crippen molar-refractivity contribution in [1.82, 2.24) is 5.32 Å². The summed E-state index contributed by atoms with van der Waals surface area (Å²) in [5.41, 5.74) is 3.96. The predicted octanol–water partition coefficient (Wildman–Crippen LogP) is 4.37. The van der Waals surface area contributed by atoms with Crippen LogP contribution in [0.2, 0.25) is 0 Å². The predicted molar refractivity (Wildman–Crippen MR) is 80.8 cm³/mol. The molecule has 1 heteroatoms. The lowest BCUT2D eigenvalue weighted by Gasteiger charge is -2.29. The molecule has 97 valence electrons. The lowest BCUT2D eigenvalue weighted by Crippen LogP contribution is -2.34. The first-order valence-electron chi connectivity index (χ1n) is 7.06. The van der Waals surface area contributed by atoms with Crippen molar-refractivity contribution in [2.75, 3.05) is 0 Å². The smallest absolute Gasteiger partial charge is 0.0325 e. The summed E-state index contributed by atoms with van der Waals surface area (Å²) in [4.78, 5) is 0. The third kappa shape index (κ3) is 2.87. The average Bonchev–Trinajstić information content (AvgIpc) is 2.48. The van der Waals surface area contributed by atoms with Crippen molar-refractivity contribution < 1.29 is 0 Å². The highest BCUT2D eigenvalue weighted by Gasteiger charge is 2.19. The maximum Gasteiger partial charge on any atom is 0.0325 e. The highest BCUT2D eigenvalue weighted by Crippen LogP contribution is 2.27. The van der Waals surface area contributed by atoms with Gasteiger partial charge in [0.15, 0.2) is 0 Å². The fraction of sp³-hybridized carbons (Fsp3) is 0.278. The summed E-state index contributed by atoms with van der Waals surface area (Å²) in [6, 6.07) is 20.6. The Bertz CT molecular complexity index is 515. The van der Waals surface area contributed by atoms with E-state index < -0.39 is 0 Å². The second-order valence-electron chi connectivity index (χ2n) is 5.37. The van der Waals surface area contributed by atoms with E-state index in [0.29, 0.717) is 12.1 Å². The Kier molecular flexibility index (Phi) is 3.65. The van der Waals surface area contributed by atoms with Gasteiger partial charge in [0, 0.05) is 12.1 Å². The van der Waals surface area contributed by atoms with Crippen LogP contribution >= 0.6 is 0 Å². The molecule has 2 unspecified atom stereocenters. The van der Waals surface area contributed by atoms with E-state index in [0.717, 1.165) is 6.42 Å². The third-order valence-corrected chi connectivity index (χ3v) is 3.83. The number of rotatable bonds is 2. The number of benzene rings is 2. The summed E-state index contributed by atoms with van der Waals surface area (Å²) >= 11 is 0. The molecular weight excluding hydrogens is 230 g/mol. The Balaban J connectivity index is 1.79. The minimum atomic E-state index is 0.480. The van der Waals surface area contributed by atoms with Gasteiger partial charge >= 0.3 is 0 Å². The maximum absolute atomic E-state index is 3.66. The molecule has 0 amide bonds. The first-order chi connectivity index (χ1) is 9.33. The summed E-state index contributed by atoms with van der Waals surface area (Å²) < 4.78 is 0. The van der Waals surface area contributed by atoms with Gasteiger partial charge in [0.25, 0.3) is 0 Å². The Hall–Kier alpha value is -1.60. The average molecular weight is 250 g/mol. The van der Waals surface area contributed by atoms with Gasteiger partial charge in [0.1, 0.15) is 0 Å². The van der Waals surface area contributed by atoms with Gasteiger partial charge in [-0.05, 0) is 42.9 Å². The van der Waals surface area contributed by atoms with E-state index in [2.05, 4.69) is 73.3 Å². The molecule has 1 heterocycles. The van der Waals surface area contributed by atoms with E-state index in [1.54, 1.807) is 0 Å². The van der Waals surface area contributed by atoms with E-state index in [1.165, 1.54) is 23.1 Å². The molecule has 0 spiro atoms. The van der Waals surface area contributed by atoms with E-state index in [1.807, 2.05) is 0 Å². The van der Waals surface area contributed by atoms with E-state index >= 15 is 0 Å². The van der Waals surface area contributed by atoms with E-state index in [4.69, 9.17) is 0 Å². The first-order valence-corrected chi connectivity index (χ1v) is 7.06. The van der Waals surface area contributed by atoms with Crippen molar-refractivity contribution in [3.05, 3.63) is 66.6 Å². The van der Waals surface area contributed by atoms with Gasteiger partial charge < -0.3 is 5.32 Å². The zero-order valence-corrected chi connectivity index (χ0v) is 11.3. The molecule has 2 aromatic rings.